The Kier molecular flexibility index (Phi) is 5.11. The van der Waals surface area contributed by atoms with E-state index in [0.29, 0.717) is 32.6 Å². The maximum absolute atomic E-state index is 12.3. The highest BCUT2D eigenvalue weighted by molar-refractivity contribution is 7.16. The molecule has 0 saturated carbocycles. The van der Waals surface area contributed by atoms with E-state index in [9.17, 15) is 9.59 Å². The molecular weight excluding hydrogens is 343 g/mol. The Hall–Kier alpha value is -1.56. The van der Waals surface area contributed by atoms with Crippen molar-refractivity contribution in [2.75, 3.05) is 5.32 Å². The standard InChI is InChI=1S/C15H14Cl2N2O2S/c1-3-9-7(2)22-15(12(9)13(18)20)19-14(21)8-4-5-10(16)11(17)6-8/h4-6H,3H2,1-2H3,(H2,18,20)(H,19,21). The first kappa shape index (κ1) is 16.8. The lowest BCUT2D eigenvalue weighted by Gasteiger charge is -2.06. The average Bonchev–Trinajstić information content (AvgIpc) is 2.77. The van der Waals surface area contributed by atoms with Gasteiger partial charge < -0.3 is 11.1 Å². The molecule has 2 amide bonds. The molecule has 0 unspecified atom stereocenters. The number of carbonyl (C=O) groups excluding carboxylic acids is 2. The minimum absolute atomic E-state index is 0.293. The van der Waals surface area contributed by atoms with Crippen molar-refractivity contribution in [1.29, 1.82) is 0 Å². The maximum atomic E-state index is 12.3. The molecule has 116 valence electrons. The number of primary amides is 1. The summed E-state index contributed by atoms with van der Waals surface area (Å²) in [5, 5.41) is 3.85. The van der Waals surface area contributed by atoms with Crippen LogP contribution in [0.5, 0.6) is 0 Å². The average molecular weight is 357 g/mol. The number of hydrogen-bond donors (Lipinski definition) is 2. The smallest absolute Gasteiger partial charge is 0.256 e. The van der Waals surface area contributed by atoms with Crippen LogP contribution in [0.25, 0.3) is 0 Å². The van der Waals surface area contributed by atoms with Gasteiger partial charge in [0.25, 0.3) is 11.8 Å². The number of nitrogens with two attached hydrogens (primary N) is 1. The van der Waals surface area contributed by atoms with Crippen molar-refractivity contribution >= 4 is 51.4 Å². The SMILES string of the molecule is CCc1c(C)sc(NC(=O)c2ccc(Cl)c(Cl)c2)c1C(N)=O. The van der Waals surface area contributed by atoms with Gasteiger partial charge >= 0.3 is 0 Å². The summed E-state index contributed by atoms with van der Waals surface area (Å²) in [6.07, 6.45) is 0.670. The van der Waals surface area contributed by atoms with Crippen molar-refractivity contribution < 1.29 is 9.59 Å². The second-order valence-electron chi connectivity index (χ2n) is 4.64. The van der Waals surface area contributed by atoms with Crippen LogP contribution in [-0.4, -0.2) is 11.8 Å². The van der Waals surface area contributed by atoms with Crippen LogP contribution in [0.15, 0.2) is 18.2 Å². The van der Waals surface area contributed by atoms with Crippen molar-refractivity contribution in [3.63, 3.8) is 0 Å². The zero-order valence-corrected chi connectivity index (χ0v) is 14.3. The molecule has 0 saturated heterocycles. The summed E-state index contributed by atoms with van der Waals surface area (Å²) >= 11 is 13.1. The van der Waals surface area contributed by atoms with E-state index in [2.05, 4.69) is 5.32 Å². The highest BCUT2D eigenvalue weighted by atomic mass is 35.5. The Labute approximate surface area is 142 Å². The molecule has 0 aliphatic heterocycles. The third-order valence-electron chi connectivity index (χ3n) is 3.22. The summed E-state index contributed by atoms with van der Waals surface area (Å²) in [7, 11) is 0. The van der Waals surface area contributed by atoms with Gasteiger partial charge in [-0.2, -0.15) is 0 Å². The predicted octanol–water partition coefficient (Wildman–Crippen LogP) is 4.28. The number of thiophene rings is 1. The lowest BCUT2D eigenvalue weighted by molar-refractivity contribution is 0.100. The van der Waals surface area contributed by atoms with Gasteiger partial charge in [-0.25, -0.2) is 0 Å². The second kappa shape index (κ2) is 6.69. The van der Waals surface area contributed by atoms with E-state index < -0.39 is 5.91 Å². The van der Waals surface area contributed by atoms with Crippen molar-refractivity contribution in [3.8, 4) is 0 Å². The quantitative estimate of drug-likeness (QED) is 0.857. The summed E-state index contributed by atoms with van der Waals surface area (Å²) in [4.78, 5) is 24.9. The van der Waals surface area contributed by atoms with Crippen LogP contribution in [0.3, 0.4) is 0 Å². The number of aryl methyl sites for hydroxylation is 1. The highest BCUT2D eigenvalue weighted by Gasteiger charge is 2.21. The molecule has 0 radical (unpaired) electrons. The molecule has 0 aliphatic rings. The van der Waals surface area contributed by atoms with Crippen LogP contribution in [-0.2, 0) is 6.42 Å². The van der Waals surface area contributed by atoms with Gasteiger partial charge in [0.05, 0.1) is 15.6 Å². The summed E-state index contributed by atoms with van der Waals surface area (Å²) in [6.45, 7) is 3.83. The van der Waals surface area contributed by atoms with Crippen LogP contribution >= 0.6 is 34.5 Å². The van der Waals surface area contributed by atoms with Crippen LogP contribution in [0.2, 0.25) is 10.0 Å². The molecule has 0 aliphatic carbocycles. The van der Waals surface area contributed by atoms with Crippen LogP contribution in [0, 0.1) is 6.92 Å². The lowest BCUT2D eigenvalue weighted by Crippen LogP contribution is -2.18. The van der Waals surface area contributed by atoms with Crippen molar-refractivity contribution in [3.05, 3.63) is 49.8 Å². The van der Waals surface area contributed by atoms with E-state index in [-0.39, 0.29) is 5.91 Å². The van der Waals surface area contributed by atoms with E-state index in [1.165, 1.54) is 17.4 Å². The number of nitrogens with one attached hydrogen (secondary N) is 1. The Morgan fingerprint density at radius 2 is 1.95 bits per heavy atom. The van der Waals surface area contributed by atoms with E-state index in [1.807, 2.05) is 13.8 Å². The number of amides is 2. The Bertz CT molecular complexity index is 756. The molecule has 1 aromatic heterocycles. The first-order valence-electron chi connectivity index (χ1n) is 6.53. The first-order valence-corrected chi connectivity index (χ1v) is 8.10. The van der Waals surface area contributed by atoms with E-state index in [4.69, 9.17) is 28.9 Å². The number of hydrogen-bond acceptors (Lipinski definition) is 3. The molecule has 2 rings (SSSR count). The molecule has 1 aromatic carbocycles. The normalized spacial score (nSPS) is 10.5. The lowest BCUT2D eigenvalue weighted by atomic mass is 10.1. The number of halogens is 2. The Morgan fingerprint density at radius 3 is 2.50 bits per heavy atom. The zero-order valence-electron chi connectivity index (χ0n) is 12.0. The van der Waals surface area contributed by atoms with Gasteiger partial charge in [0.15, 0.2) is 0 Å². The summed E-state index contributed by atoms with van der Waals surface area (Å²) in [5.41, 5.74) is 7.03. The van der Waals surface area contributed by atoms with Gasteiger partial charge in [-0.15, -0.1) is 11.3 Å². The number of anilines is 1. The van der Waals surface area contributed by atoms with E-state index in [1.54, 1.807) is 12.1 Å². The molecule has 1 heterocycles. The fraction of sp³-hybridized carbons (Fsp3) is 0.200. The molecule has 3 N–H and O–H groups in total. The second-order valence-corrected chi connectivity index (χ2v) is 6.68. The predicted molar refractivity (Wildman–Crippen MR) is 91.4 cm³/mol. The number of carbonyl (C=O) groups is 2. The summed E-state index contributed by atoms with van der Waals surface area (Å²) in [6, 6.07) is 4.59. The van der Waals surface area contributed by atoms with Gasteiger partial charge in [0.2, 0.25) is 0 Å². The molecular formula is C15H14Cl2N2O2S. The third-order valence-corrected chi connectivity index (χ3v) is 5.02. The highest BCUT2D eigenvalue weighted by Crippen LogP contribution is 2.33. The Morgan fingerprint density at radius 1 is 1.27 bits per heavy atom. The Balaban J connectivity index is 2.36. The molecule has 4 nitrogen and oxygen atoms in total. The minimum atomic E-state index is -0.550. The minimum Gasteiger partial charge on any atom is -0.365 e. The van der Waals surface area contributed by atoms with Crippen molar-refractivity contribution in [1.82, 2.24) is 0 Å². The summed E-state index contributed by atoms with van der Waals surface area (Å²) in [5.74, 6) is -0.921. The van der Waals surface area contributed by atoms with Crippen LogP contribution in [0.1, 0.15) is 38.1 Å². The first-order chi connectivity index (χ1) is 10.3. The molecule has 7 heteroatoms. The fourth-order valence-corrected chi connectivity index (χ4v) is 3.61. The van der Waals surface area contributed by atoms with Crippen molar-refractivity contribution in [2.24, 2.45) is 5.73 Å². The summed E-state index contributed by atoms with van der Waals surface area (Å²) < 4.78 is 0. The molecule has 0 atom stereocenters. The molecule has 0 spiro atoms. The largest absolute Gasteiger partial charge is 0.365 e. The number of rotatable bonds is 4. The van der Waals surface area contributed by atoms with Gasteiger partial charge in [-0.05, 0) is 37.1 Å². The van der Waals surface area contributed by atoms with E-state index in [0.717, 1.165) is 10.4 Å². The third kappa shape index (κ3) is 3.27. The van der Waals surface area contributed by atoms with Gasteiger partial charge in [0.1, 0.15) is 5.00 Å². The molecule has 2 aromatic rings. The van der Waals surface area contributed by atoms with Gasteiger partial charge in [-0.1, -0.05) is 30.1 Å². The topological polar surface area (TPSA) is 72.2 Å². The van der Waals surface area contributed by atoms with Gasteiger partial charge in [-0.3, -0.25) is 9.59 Å². The van der Waals surface area contributed by atoms with Crippen LogP contribution in [0.4, 0.5) is 5.00 Å². The van der Waals surface area contributed by atoms with Crippen LogP contribution < -0.4 is 11.1 Å². The van der Waals surface area contributed by atoms with E-state index >= 15 is 0 Å². The fourth-order valence-electron chi connectivity index (χ4n) is 2.17. The maximum Gasteiger partial charge on any atom is 0.256 e. The zero-order chi connectivity index (χ0) is 16.4. The van der Waals surface area contributed by atoms with Crippen molar-refractivity contribution in [2.45, 2.75) is 20.3 Å². The monoisotopic (exact) mass is 356 g/mol. The molecule has 22 heavy (non-hydrogen) atoms. The molecule has 0 fully saturated rings. The van der Waals surface area contributed by atoms with Gasteiger partial charge in [0, 0.05) is 10.4 Å². The number of benzene rings is 1. The molecule has 0 bridgehead atoms.